The molecule has 19 nitrogen and oxygen atoms in total. The van der Waals surface area contributed by atoms with E-state index in [4.69, 9.17) is 19.2 Å². The molecule has 2 amide bonds. The Morgan fingerprint density at radius 3 is 1.59 bits per heavy atom. The fraction of sp³-hybridized carbons (Fsp3) is 0.594. The topological polar surface area (TPSA) is 200 Å². The summed E-state index contributed by atoms with van der Waals surface area (Å²) in [5, 5.41) is 7.23. The highest BCUT2D eigenvalue weighted by atomic mass is 31.0. The monoisotopic (exact) mass is 1210 g/mol. The van der Waals surface area contributed by atoms with E-state index < -0.39 is 16.9 Å². The number of piperazine rings is 2. The molecule has 10 rings (SSSR count). The predicted molar refractivity (Wildman–Crippen MR) is 333 cm³/mol. The van der Waals surface area contributed by atoms with Gasteiger partial charge < -0.3 is 44.6 Å². The number of rotatable bonds is 21. The molecule has 6 aliphatic heterocycles. The van der Waals surface area contributed by atoms with Crippen molar-refractivity contribution in [2.24, 2.45) is 4.99 Å². The minimum Gasteiger partial charge on any atom is -0.464 e. The van der Waals surface area contributed by atoms with Gasteiger partial charge in [-0.2, -0.15) is 0 Å². The molecule has 22 heteroatoms. The van der Waals surface area contributed by atoms with Crippen LogP contribution in [0.5, 0.6) is 0 Å². The summed E-state index contributed by atoms with van der Waals surface area (Å²) >= 11 is 0. The number of hydrogen-bond donors (Lipinski definition) is 4. The van der Waals surface area contributed by atoms with Gasteiger partial charge in [0, 0.05) is 155 Å². The lowest BCUT2D eigenvalue weighted by Gasteiger charge is -2.43. The second-order valence-electron chi connectivity index (χ2n) is 26.0. The standard InChI is InChI=1S/C64H88F2N11O8P/c1-41-31-74(37-55(78)76-39-63(3,4)57-51(76)27-45(59(80)70-57)25-43-11-15-47(65)16-12-43)49(29-68-41)33-72-20-23-83-53(35-72)61(86)67-19-9-7-8-10-22-85-62(82)54-36-73(21-24-84-54)34-50-30-69-42(2)32-75(50)38-56(79)77-40-64(5,6)58-52(77)28-46(60(81)71-58)26-44-13-17-48(66)18-14-44/h11-18,27-28,41-42,49-50,53-54,68-69H,7-10,19-26,29-40,86H2,1-6H3,(H,70,80)(H,71,81)/t41-,42-,49-,50-,53+,54+/m1/s1. The third kappa shape index (κ3) is 15.6. The fourth-order valence-corrected chi connectivity index (χ4v) is 13.5. The van der Waals surface area contributed by atoms with E-state index in [2.05, 4.69) is 63.3 Å². The van der Waals surface area contributed by atoms with Gasteiger partial charge in [-0.1, -0.05) is 67.6 Å². The van der Waals surface area contributed by atoms with Crippen molar-refractivity contribution in [3.63, 3.8) is 0 Å². The number of pyridine rings is 2. The van der Waals surface area contributed by atoms with Crippen LogP contribution in [0.15, 0.2) is 75.2 Å². The highest BCUT2D eigenvalue weighted by Crippen LogP contribution is 2.41. The van der Waals surface area contributed by atoms with Gasteiger partial charge in [0.05, 0.1) is 49.7 Å². The van der Waals surface area contributed by atoms with Gasteiger partial charge in [-0.15, -0.1) is 0 Å². The van der Waals surface area contributed by atoms with Crippen molar-refractivity contribution >= 4 is 43.9 Å². The van der Waals surface area contributed by atoms with Gasteiger partial charge in [-0.05, 0) is 80.6 Å². The molecule has 4 N–H and O–H groups in total. The number of nitrogens with one attached hydrogen (secondary N) is 4. The van der Waals surface area contributed by atoms with Gasteiger partial charge in [0.2, 0.25) is 11.8 Å². The molecule has 0 radical (unpaired) electrons. The quantitative estimate of drug-likeness (QED) is 0.0392. The molecule has 0 aliphatic carbocycles. The number of anilines is 2. The number of carbonyl (C=O) groups is 3. The summed E-state index contributed by atoms with van der Waals surface area (Å²) in [5.41, 5.74) is 5.20. The van der Waals surface area contributed by atoms with Crippen molar-refractivity contribution in [2.45, 2.75) is 127 Å². The first-order valence-corrected chi connectivity index (χ1v) is 31.5. The Balaban J connectivity index is 0.639. The molecule has 86 heavy (non-hydrogen) atoms. The van der Waals surface area contributed by atoms with E-state index in [0.29, 0.717) is 108 Å². The summed E-state index contributed by atoms with van der Waals surface area (Å²) in [6.07, 6.45) is 3.26. The molecule has 1 unspecified atom stereocenters. The van der Waals surface area contributed by atoms with Crippen LogP contribution in [0.3, 0.4) is 0 Å². The zero-order chi connectivity index (χ0) is 60.9. The number of H-pyrrole nitrogens is 2. The molecule has 466 valence electrons. The zero-order valence-corrected chi connectivity index (χ0v) is 52.1. The third-order valence-electron chi connectivity index (χ3n) is 18.0. The number of aromatic amines is 2. The van der Waals surface area contributed by atoms with E-state index in [0.717, 1.165) is 85.5 Å². The molecule has 4 fully saturated rings. The molecule has 2 aromatic carbocycles. The SMILES string of the molecule is C[C@@H]1CN(CC(=O)N2CC(C)(C)c3[nH]c(=O)c(Cc4ccc(F)cc4)cc32)[C@@H](CN2CCO[C@H](C(=O)OCCCCCCN=C(P)[C@@H]3CN(C[C@H]4CN[C@H](C)CN4CC(=O)N4CC(C)(C)c5[nH]c(=O)c(Cc6ccc(F)cc6)cc54)CCO3)C2)CN1. The summed E-state index contributed by atoms with van der Waals surface area (Å²) in [5.74, 6) is -1.08. The van der Waals surface area contributed by atoms with Gasteiger partial charge in [0.25, 0.3) is 11.1 Å². The molecule has 2 aromatic heterocycles. The molecule has 0 spiro atoms. The van der Waals surface area contributed by atoms with Gasteiger partial charge in [0.15, 0.2) is 6.10 Å². The molecule has 7 atom stereocenters. The Hall–Kier alpha value is -5.61. The normalized spacial score (nSPS) is 24.6. The van der Waals surface area contributed by atoms with Crippen LogP contribution in [0.4, 0.5) is 20.2 Å². The number of fused-ring (bicyclic) bond motifs is 2. The number of amides is 2. The number of ether oxygens (including phenoxy) is 3. The number of benzene rings is 2. The van der Waals surface area contributed by atoms with Crippen molar-refractivity contribution in [3.05, 3.63) is 127 Å². The maximum absolute atomic E-state index is 14.4. The fourth-order valence-electron chi connectivity index (χ4n) is 13.2. The number of morpholine rings is 2. The average molecular weight is 1210 g/mol. The van der Waals surface area contributed by atoms with Crippen LogP contribution in [-0.2, 0) is 52.3 Å². The minimum absolute atomic E-state index is 0.00756. The predicted octanol–water partition coefficient (Wildman–Crippen LogP) is 4.58. The Morgan fingerprint density at radius 1 is 0.651 bits per heavy atom. The summed E-state index contributed by atoms with van der Waals surface area (Å²) < 4.78 is 45.2. The van der Waals surface area contributed by atoms with E-state index >= 15 is 0 Å². The Labute approximate surface area is 506 Å². The molecule has 0 bridgehead atoms. The van der Waals surface area contributed by atoms with Gasteiger partial charge in [-0.3, -0.25) is 43.8 Å². The maximum Gasteiger partial charge on any atom is 0.336 e. The second kappa shape index (κ2) is 27.8. The molecule has 4 saturated heterocycles. The molecule has 8 heterocycles. The smallest absolute Gasteiger partial charge is 0.336 e. The number of esters is 1. The Morgan fingerprint density at radius 2 is 1.10 bits per heavy atom. The first-order chi connectivity index (χ1) is 41.2. The highest BCUT2D eigenvalue weighted by Gasteiger charge is 2.43. The van der Waals surface area contributed by atoms with Crippen LogP contribution in [0.1, 0.15) is 101 Å². The van der Waals surface area contributed by atoms with Gasteiger partial charge >= 0.3 is 5.97 Å². The van der Waals surface area contributed by atoms with Crippen LogP contribution in [-0.4, -0.2) is 207 Å². The Bertz CT molecular complexity index is 3200. The number of unbranched alkanes of at least 4 members (excludes halogenated alkanes) is 3. The second-order valence-corrected chi connectivity index (χ2v) is 26.6. The summed E-state index contributed by atoms with van der Waals surface area (Å²) in [7, 11) is 2.80. The number of hydrogen-bond acceptors (Lipinski definition) is 15. The highest BCUT2D eigenvalue weighted by molar-refractivity contribution is 7.41. The van der Waals surface area contributed by atoms with Crippen molar-refractivity contribution < 1.29 is 37.4 Å². The van der Waals surface area contributed by atoms with Crippen molar-refractivity contribution in [1.29, 1.82) is 0 Å². The molecule has 6 aliphatic rings. The lowest BCUT2D eigenvalue weighted by atomic mass is 9.91. The van der Waals surface area contributed by atoms with Crippen molar-refractivity contribution in [3.8, 4) is 0 Å². The Kier molecular flexibility index (Phi) is 20.5. The minimum atomic E-state index is -0.694. The number of carbonyl (C=O) groups excluding carboxylic acids is 3. The number of halogens is 2. The summed E-state index contributed by atoms with van der Waals surface area (Å²) in [6, 6.07) is 16.4. The van der Waals surface area contributed by atoms with E-state index in [1.54, 1.807) is 29.2 Å². The molecular weight excluding hydrogens is 1120 g/mol. The largest absolute Gasteiger partial charge is 0.464 e. The number of aliphatic imine (C=N–C) groups is 1. The third-order valence-corrected chi connectivity index (χ3v) is 18.6. The zero-order valence-electron chi connectivity index (χ0n) is 50.9. The number of aromatic nitrogens is 2. The van der Waals surface area contributed by atoms with Crippen LogP contribution in [0, 0.1) is 11.6 Å². The lowest BCUT2D eigenvalue weighted by molar-refractivity contribution is -0.163. The van der Waals surface area contributed by atoms with Crippen molar-refractivity contribution in [2.75, 3.05) is 128 Å². The number of nitrogens with zero attached hydrogens (tertiary/aromatic N) is 7. The van der Waals surface area contributed by atoms with E-state index in [1.807, 2.05) is 44.7 Å². The van der Waals surface area contributed by atoms with Crippen LogP contribution in [0.25, 0.3) is 0 Å². The summed E-state index contributed by atoms with van der Waals surface area (Å²) in [6.45, 7) is 22.5. The van der Waals surface area contributed by atoms with Gasteiger partial charge in [-0.25, -0.2) is 13.6 Å². The molecular formula is C64H88F2N11O8P. The molecule has 4 aromatic rings. The lowest BCUT2D eigenvalue weighted by Crippen LogP contribution is -2.62. The first-order valence-electron chi connectivity index (χ1n) is 30.9. The average Bonchev–Trinajstić information content (AvgIpc) is 1.70. The van der Waals surface area contributed by atoms with Crippen LogP contribution >= 0.6 is 9.24 Å². The summed E-state index contributed by atoms with van der Waals surface area (Å²) in [4.78, 5) is 92.5. The first kappa shape index (κ1) is 63.4. The van der Waals surface area contributed by atoms with Crippen LogP contribution < -0.4 is 31.6 Å². The van der Waals surface area contributed by atoms with Crippen LogP contribution in [0.2, 0.25) is 0 Å². The van der Waals surface area contributed by atoms with E-state index in [1.165, 1.54) is 24.3 Å². The molecule has 0 saturated carbocycles. The van der Waals surface area contributed by atoms with E-state index in [-0.39, 0.29) is 83.9 Å². The van der Waals surface area contributed by atoms with Gasteiger partial charge in [0.1, 0.15) is 17.7 Å². The maximum atomic E-state index is 14.4. The van der Waals surface area contributed by atoms with Crippen molar-refractivity contribution in [1.82, 2.24) is 40.2 Å². The van der Waals surface area contributed by atoms with E-state index in [9.17, 15) is 32.8 Å².